The summed E-state index contributed by atoms with van der Waals surface area (Å²) in [6, 6.07) is 6.81. The van der Waals surface area contributed by atoms with E-state index in [-0.39, 0.29) is 18.3 Å². The highest BCUT2D eigenvalue weighted by molar-refractivity contribution is 6.62. The highest BCUT2D eigenvalue weighted by Gasteiger charge is 2.51. The van der Waals surface area contributed by atoms with E-state index in [9.17, 15) is 0 Å². The van der Waals surface area contributed by atoms with Crippen molar-refractivity contribution >= 4 is 23.5 Å². The second kappa shape index (κ2) is 5.58. The Labute approximate surface area is 143 Å². The van der Waals surface area contributed by atoms with E-state index in [4.69, 9.17) is 14.0 Å². The lowest BCUT2D eigenvalue weighted by Crippen LogP contribution is -2.41. The summed E-state index contributed by atoms with van der Waals surface area (Å²) in [5.41, 5.74) is 1.58. The van der Waals surface area contributed by atoms with Crippen LogP contribution in [0.2, 0.25) is 0 Å². The van der Waals surface area contributed by atoms with Crippen molar-refractivity contribution < 1.29 is 14.0 Å². The number of nitrogens with zero attached hydrogens (tertiary/aromatic N) is 2. The zero-order valence-corrected chi connectivity index (χ0v) is 14.9. The lowest BCUT2D eigenvalue weighted by Gasteiger charge is -2.32. The van der Waals surface area contributed by atoms with Crippen LogP contribution in [0.3, 0.4) is 0 Å². The van der Waals surface area contributed by atoms with Gasteiger partial charge in [-0.15, -0.1) is 0 Å². The number of rotatable bonds is 2. The number of hydrogen-bond donors (Lipinski definition) is 0. The van der Waals surface area contributed by atoms with Crippen LogP contribution >= 0.6 is 0 Å². The molecule has 24 heavy (non-hydrogen) atoms. The first kappa shape index (κ1) is 16.1. The van der Waals surface area contributed by atoms with Crippen LogP contribution in [0.4, 0.5) is 0 Å². The molecule has 0 spiro atoms. The Balaban J connectivity index is 1.63. The summed E-state index contributed by atoms with van der Waals surface area (Å²) in [7, 11) is -0.328. The molecule has 4 rings (SSSR count). The third kappa shape index (κ3) is 2.57. The third-order valence-electron chi connectivity index (χ3n) is 5.68. The zero-order valence-electron chi connectivity index (χ0n) is 14.9. The largest absolute Gasteiger partial charge is 0.494 e. The van der Waals surface area contributed by atoms with Crippen LogP contribution < -0.4 is 5.46 Å². The summed E-state index contributed by atoms with van der Waals surface area (Å²) in [5, 5.41) is 5.76. The van der Waals surface area contributed by atoms with Gasteiger partial charge in [-0.2, -0.15) is 5.10 Å². The molecule has 0 saturated carbocycles. The zero-order chi connectivity index (χ0) is 16.9. The summed E-state index contributed by atoms with van der Waals surface area (Å²) < 4.78 is 19.9. The molecule has 2 aliphatic heterocycles. The smallest absolute Gasteiger partial charge is 0.399 e. The van der Waals surface area contributed by atoms with E-state index < -0.39 is 0 Å². The van der Waals surface area contributed by atoms with Crippen molar-refractivity contribution in [1.29, 1.82) is 0 Å². The van der Waals surface area contributed by atoms with Gasteiger partial charge in [0.15, 0.2) is 0 Å². The van der Waals surface area contributed by atoms with E-state index in [1.165, 1.54) is 5.52 Å². The summed E-state index contributed by atoms with van der Waals surface area (Å²) in [6.07, 6.45) is 3.99. The highest BCUT2D eigenvalue weighted by atomic mass is 16.7. The molecule has 1 aromatic carbocycles. The molecule has 0 aliphatic carbocycles. The van der Waals surface area contributed by atoms with E-state index in [0.717, 1.165) is 36.9 Å². The molecular formula is C18H25BN2O3. The average molecular weight is 328 g/mol. The Morgan fingerprint density at radius 1 is 1.08 bits per heavy atom. The van der Waals surface area contributed by atoms with Gasteiger partial charge in [-0.05, 0) is 52.1 Å². The third-order valence-corrected chi connectivity index (χ3v) is 5.68. The van der Waals surface area contributed by atoms with Gasteiger partial charge in [0.05, 0.1) is 29.0 Å². The molecule has 0 bridgehead atoms. The molecular weight excluding hydrogens is 303 g/mol. The van der Waals surface area contributed by atoms with Gasteiger partial charge >= 0.3 is 7.12 Å². The second-order valence-corrected chi connectivity index (χ2v) is 7.84. The van der Waals surface area contributed by atoms with E-state index in [0.29, 0.717) is 6.04 Å². The van der Waals surface area contributed by atoms with Crippen LogP contribution in [-0.4, -0.2) is 41.3 Å². The van der Waals surface area contributed by atoms with Gasteiger partial charge in [-0.25, -0.2) is 0 Å². The van der Waals surface area contributed by atoms with Crippen molar-refractivity contribution in [2.24, 2.45) is 0 Å². The minimum Gasteiger partial charge on any atom is -0.399 e. The van der Waals surface area contributed by atoms with Crippen molar-refractivity contribution in [3.05, 3.63) is 24.4 Å². The monoisotopic (exact) mass is 328 g/mol. The quantitative estimate of drug-likeness (QED) is 0.795. The molecule has 0 N–H and O–H groups in total. The normalized spacial score (nSPS) is 23.9. The Bertz CT molecular complexity index is 734. The summed E-state index contributed by atoms with van der Waals surface area (Å²) >= 11 is 0. The van der Waals surface area contributed by atoms with Crippen LogP contribution in [0.1, 0.15) is 46.6 Å². The molecule has 0 atom stereocenters. The standard InChI is InChI=1S/C18H25BN2O3/c1-17(2)18(3,4)24-19(23-17)14-5-6-16-13(11-14)12-20-21(16)15-7-9-22-10-8-15/h5-6,11-12,15H,7-10H2,1-4H3. The van der Waals surface area contributed by atoms with E-state index in [1.54, 1.807) is 0 Å². The predicted octanol–water partition coefficient (Wildman–Crippen LogP) is 2.69. The molecule has 5 nitrogen and oxygen atoms in total. The summed E-state index contributed by atoms with van der Waals surface area (Å²) in [6.45, 7) is 9.95. The maximum Gasteiger partial charge on any atom is 0.494 e. The van der Waals surface area contributed by atoms with Crippen LogP contribution in [0.5, 0.6) is 0 Å². The van der Waals surface area contributed by atoms with Crippen molar-refractivity contribution in [2.45, 2.75) is 57.8 Å². The van der Waals surface area contributed by atoms with Crippen LogP contribution in [0.15, 0.2) is 24.4 Å². The number of ether oxygens (including phenoxy) is 1. The summed E-state index contributed by atoms with van der Waals surface area (Å²) in [4.78, 5) is 0. The molecule has 6 heteroatoms. The molecule has 3 heterocycles. The molecule has 1 aromatic heterocycles. The molecule has 2 saturated heterocycles. The predicted molar refractivity (Wildman–Crippen MR) is 94.5 cm³/mol. The SMILES string of the molecule is CC1(C)OB(c2ccc3c(cnn3C3CCOCC3)c2)OC1(C)C. The lowest BCUT2D eigenvalue weighted by molar-refractivity contribution is 0.00578. The molecule has 0 amide bonds. The van der Waals surface area contributed by atoms with Gasteiger partial charge in [0, 0.05) is 18.6 Å². The molecule has 0 radical (unpaired) electrons. The molecule has 2 fully saturated rings. The van der Waals surface area contributed by atoms with Crippen LogP contribution in [0.25, 0.3) is 10.9 Å². The Morgan fingerprint density at radius 2 is 1.75 bits per heavy atom. The van der Waals surface area contributed by atoms with E-state index in [1.807, 2.05) is 6.20 Å². The number of aromatic nitrogens is 2. The van der Waals surface area contributed by atoms with Crippen molar-refractivity contribution in [1.82, 2.24) is 9.78 Å². The first-order valence-electron chi connectivity index (χ1n) is 8.78. The number of hydrogen-bond acceptors (Lipinski definition) is 4. The highest BCUT2D eigenvalue weighted by Crippen LogP contribution is 2.36. The Hall–Kier alpha value is -1.37. The Kier molecular flexibility index (Phi) is 3.75. The van der Waals surface area contributed by atoms with Crippen molar-refractivity contribution in [2.75, 3.05) is 13.2 Å². The molecule has 128 valence electrons. The second-order valence-electron chi connectivity index (χ2n) is 7.84. The maximum atomic E-state index is 6.16. The first-order valence-corrected chi connectivity index (χ1v) is 8.78. The fourth-order valence-electron chi connectivity index (χ4n) is 3.42. The summed E-state index contributed by atoms with van der Waals surface area (Å²) in [5.74, 6) is 0. The van der Waals surface area contributed by atoms with Crippen molar-refractivity contribution in [3.8, 4) is 0 Å². The molecule has 2 aromatic rings. The van der Waals surface area contributed by atoms with Crippen LogP contribution in [0, 0.1) is 0 Å². The molecule has 2 aliphatic rings. The minimum atomic E-state index is -0.328. The number of benzene rings is 1. The molecule has 0 unspecified atom stereocenters. The lowest BCUT2D eigenvalue weighted by atomic mass is 9.78. The Morgan fingerprint density at radius 3 is 2.42 bits per heavy atom. The van der Waals surface area contributed by atoms with Gasteiger partial charge in [0.2, 0.25) is 0 Å². The maximum absolute atomic E-state index is 6.16. The van der Waals surface area contributed by atoms with Gasteiger partial charge in [-0.1, -0.05) is 12.1 Å². The van der Waals surface area contributed by atoms with Gasteiger partial charge in [0.25, 0.3) is 0 Å². The fourth-order valence-corrected chi connectivity index (χ4v) is 3.42. The van der Waals surface area contributed by atoms with Gasteiger partial charge in [-0.3, -0.25) is 4.68 Å². The number of fused-ring (bicyclic) bond motifs is 1. The van der Waals surface area contributed by atoms with Crippen LogP contribution in [-0.2, 0) is 14.0 Å². The average Bonchev–Trinajstić information content (AvgIpc) is 3.06. The first-order chi connectivity index (χ1) is 11.4. The minimum absolute atomic E-state index is 0.321. The van der Waals surface area contributed by atoms with E-state index >= 15 is 0 Å². The topological polar surface area (TPSA) is 45.5 Å². The van der Waals surface area contributed by atoms with Gasteiger partial charge in [0.1, 0.15) is 0 Å². The van der Waals surface area contributed by atoms with Gasteiger partial charge < -0.3 is 14.0 Å². The van der Waals surface area contributed by atoms with Crippen molar-refractivity contribution in [3.63, 3.8) is 0 Å². The fraction of sp³-hybridized carbons (Fsp3) is 0.611. The van der Waals surface area contributed by atoms with E-state index in [2.05, 4.69) is 55.7 Å².